The van der Waals surface area contributed by atoms with Crippen LogP contribution in [0.4, 0.5) is 0 Å². The molecular weight excluding hydrogens is 238 g/mol. The molecule has 0 atom stereocenters. The molecule has 5 rings (SSSR count). The molecule has 0 aromatic carbocycles. The molecule has 0 spiro atoms. The number of aromatic nitrogens is 3. The quantitative estimate of drug-likeness (QED) is 0.835. The summed E-state index contributed by atoms with van der Waals surface area (Å²) < 4.78 is 7.46. The van der Waals surface area contributed by atoms with Crippen molar-refractivity contribution in [2.24, 2.45) is 17.8 Å². The normalized spacial score (nSPS) is 39.9. The maximum Gasteiger partial charge on any atom is 0.139 e. The monoisotopic (exact) mass is 261 g/mol. The Labute approximate surface area is 114 Å². The SMILES string of the molecule is COCCn1cnnc1C12CC3CC(CC(C3)C1)C2. The van der Waals surface area contributed by atoms with Crippen molar-refractivity contribution in [2.75, 3.05) is 13.7 Å². The molecule has 1 aromatic rings. The average molecular weight is 261 g/mol. The lowest BCUT2D eigenvalue weighted by Crippen LogP contribution is -2.49. The van der Waals surface area contributed by atoms with Gasteiger partial charge in [-0.15, -0.1) is 10.2 Å². The standard InChI is InChI=1S/C15H23N3O/c1-19-3-2-18-10-16-17-14(18)15-7-11-4-12(8-15)6-13(5-11)9-15/h10-13H,2-9H2,1H3. The van der Waals surface area contributed by atoms with Crippen molar-refractivity contribution >= 4 is 0 Å². The summed E-state index contributed by atoms with van der Waals surface area (Å²) in [5, 5.41) is 8.71. The van der Waals surface area contributed by atoms with Crippen LogP contribution < -0.4 is 0 Å². The first-order chi connectivity index (χ1) is 9.29. The fraction of sp³-hybridized carbons (Fsp3) is 0.867. The Kier molecular flexibility index (Phi) is 2.69. The summed E-state index contributed by atoms with van der Waals surface area (Å²) in [6.45, 7) is 1.64. The predicted octanol–water partition coefficient (Wildman–Crippen LogP) is 2.39. The highest BCUT2D eigenvalue weighted by Gasteiger charge is 2.53. The fourth-order valence-corrected chi connectivity index (χ4v) is 5.40. The zero-order chi connectivity index (χ0) is 12.9. The van der Waals surface area contributed by atoms with Crippen LogP contribution in [0.1, 0.15) is 44.3 Å². The van der Waals surface area contributed by atoms with Gasteiger partial charge in [0.1, 0.15) is 12.2 Å². The van der Waals surface area contributed by atoms with E-state index in [2.05, 4.69) is 14.8 Å². The third-order valence-corrected chi connectivity index (χ3v) is 5.66. The highest BCUT2D eigenvalue weighted by Crippen LogP contribution is 2.60. The van der Waals surface area contributed by atoms with Crippen LogP contribution in [0.15, 0.2) is 6.33 Å². The van der Waals surface area contributed by atoms with Gasteiger partial charge in [-0.3, -0.25) is 0 Å². The van der Waals surface area contributed by atoms with E-state index in [1.165, 1.54) is 44.3 Å². The molecule has 0 radical (unpaired) electrons. The highest BCUT2D eigenvalue weighted by molar-refractivity contribution is 5.17. The van der Waals surface area contributed by atoms with E-state index >= 15 is 0 Å². The lowest BCUT2D eigenvalue weighted by atomic mass is 9.49. The summed E-state index contributed by atoms with van der Waals surface area (Å²) in [5.41, 5.74) is 0.346. The number of ether oxygens (including phenoxy) is 1. The summed E-state index contributed by atoms with van der Waals surface area (Å²) >= 11 is 0. The molecule has 0 amide bonds. The van der Waals surface area contributed by atoms with E-state index < -0.39 is 0 Å². The van der Waals surface area contributed by atoms with Gasteiger partial charge in [-0.1, -0.05) is 0 Å². The van der Waals surface area contributed by atoms with Crippen LogP contribution in [0.2, 0.25) is 0 Å². The molecule has 104 valence electrons. The summed E-state index contributed by atoms with van der Waals surface area (Å²) in [7, 11) is 1.76. The van der Waals surface area contributed by atoms with Gasteiger partial charge in [0.2, 0.25) is 0 Å². The van der Waals surface area contributed by atoms with Gasteiger partial charge >= 0.3 is 0 Å². The van der Waals surface area contributed by atoms with E-state index in [1.54, 1.807) is 7.11 Å². The molecule has 4 saturated carbocycles. The average Bonchev–Trinajstić information content (AvgIpc) is 2.83. The maximum atomic E-state index is 5.21. The third-order valence-electron chi connectivity index (χ3n) is 5.66. The molecule has 4 heteroatoms. The van der Waals surface area contributed by atoms with Gasteiger partial charge in [-0.25, -0.2) is 0 Å². The molecule has 0 unspecified atom stereocenters. The fourth-order valence-electron chi connectivity index (χ4n) is 5.40. The van der Waals surface area contributed by atoms with Gasteiger partial charge in [0.05, 0.1) is 6.61 Å². The van der Waals surface area contributed by atoms with Gasteiger partial charge in [-0.2, -0.15) is 0 Å². The first-order valence-electron chi connectivity index (χ1n) is 7.66. The smallest absolute Gasteiger partial charge is 0.139 e. The number of hydrogen-bond donors (Lipinski definition) is 0. The molecule has 0 aliphatic heterocycles. The third kappa shape index (κ3) is 1.83. The van der Waals surface area contributed by atoms with E-state index in [9.17, 15) is 0 Å². The van der Waals surface area contributed by atoms with E-state index in [0.717, 1.165) is 30.9 Å². The van der Waals surface area contributed by atoms with Gasteiger partial charge in [0.15, 0.2) is 0 Å². The largest absolute Gasteiger partial charge is 0.383 e. The lowest BCUT2D eigenvalue weighted by molar-refractivity contribution is -0.0115. The van der Waals surface area contributed by atoms with Crippen molar-refractivity contribution in [2.45, 2.75) is 50.5 Å². The number of rotatable bonds is 4. The molecule has 1 heterocycles. The molecule has 0 N–H and O–H groups in total. The Morgan fingerprint density at radius 3 is 2.42 bits per heavy atom. The summed E-state index contributed by atoms with van der Waals surface area (Å²) in [6, 6.07) is 0. The van der Waals surface area contributed by atoms with Crippen LogP contribution in [0, 0.1) is 17.8 Å². The van der Waals surface area contributed by atoms with Crippen LogP contribution in [-0.2, 0) is 16.7 Å². The lowest BCUT2D eigenvalue weighted by Gasteiger charge is -2.56. The number of nitrogens with zero attached hydrogens (tertiary/aromatic N) is 3. The maximum absolute atomic E-state index is 5.21. The minimum Gasteiger partial charge on any atom is -0.383 e. The number of hydrogen-bond acceptors (Lipinski definition) is 3. The van der Waals surface area contributed by atoms with Crippen molar-refractivity contribution < 1.29 is 4.74 Å². The number of methoxy groups -OCH3 is 1. The zero-order valence-electron chi connectivity index (χ0n) is 11.7. The molecule has 4 aliphatic rings. The van der Waals surface area contributed by atoms with Crippen LogP contribution in [0.3, 0.4) is 0 Å². The van der Waals surface area contributed by atoms with Crippen LogP contribution >= 0.6 is 0 Å². The van der Waals surface area contributed by atoms with Crippen LogP contribution in [0.5, 0.6) is 0 Å². The zero-order valence-corrected chi connectivity index (χ0v) is 11.7. The molecule has 4 fully saturated rings. The topological polar surface area (TPSA) is 39.9 Å². The van der Waals surface area contributed by atoms with Gasteiger partial charge in [0, 0.05) is 19.1 Å². The van der Waals surface area contributed by atoms with Crippen LogP contribution in [0.25, 0.3) is 0 Å². The Balaban J connectivity index is 1.66. The Bertz CT molecular complexity index is 432. The van der Waals surface area contributed by atoms with Gasteiger partial charge in [-0.05, 0) is 56.3 Å². The molecule has 4 bridgehead atoms. The second kappa shape index (κ2) is 4.30. The first-order valence-corrected chi connectivity index (χ1v) is 7.66. The van der Waals surface area contributed by atoms with Crippen LogP contribution in [-0.4, -0.2) is 28.5 Å². The van der Waals surface area contributed by atoms with Crippen molar-refractivity contribution in [1.82, 2.24) is 14.8 Å². The molecular formula is C15H23N3O. The predicted molar refractivity (Wildman–Crippen MR) is 71.7 cm³/mol. The molecule has 19 heavy (non-hydrogen) atoms. The van der Waals surface area contributed by atoms with E-state index in [4.69, 9.17) is 4.74 Å². The molecule has 4 aliphatic carbocycles. The Morgan fingerprint density at radius 2 is 1.84 bits per heavy atom. The van der Waals surface area contributed by atoms with Crippen molar-refractivity contribution in [1.29, 1.82) is 0 Å². The second-order valence-electron chi connectivity index (χ2n) is 7.04. The van der Waals surface area contributed by atoms with Gasteiger partial charge in [0.25, 0.3) is 0 Å². The van der Waals surface area contributed by atoms with Crippen molar-refractivity contribution in [3.8, 4) is 0 Å². The molecule has 0 saturated heterocycles. The Hall–Kier alpha value is -0.900. The summed E-state index contributed by atoms with van der Waals surface area (Å²) in [5.74, 6) is 4.13. The summed E-state index contributed by atoms with van der Waals surface area (Å²) in [6.07, 6.45) is 10.4. The van der Waals surface area contributed by atoms with E-state index in [0.29, 0.717) is 5.41 Å². The minimum absolute atomic E-state index is 0.346. The summed E-state index contributed by atoms with van der Waals surface area (Å²) in [4.78, 5) is 0. The first kappa shape index (κ1) is 11.9. The van der Waals surface area contributed by atoms with E-state index in [-0.39, 0.29) is 0 Å². The minimum atomic E-state index is 0.346. The molecule has 1 aromatic heterocycles. The highest BCUT2D eigenvalue weighted by atomic mass is 16.5. The van der Waals surface area contributed by atoms with Gasteiger partial charge < -0.3 is 9.30 Å². The van der Waals surface area contributed by atoms with Crippen molar-refractivity contribution in [3.63, 3.8) is 0 Å². The second-order valence-corrected chi connectivity index (χ2v) is 7.04. The van der Waals surface area contributed by atoms with E-state index in [1.807, 2.05) is 6.33 Å². The molecule has 4 nitrogen and oxygen atoms in total. The Morgan fingerprint density at radius 1 is 1.21 bits per heavy atom. The van der Waals surface area contributed by atoms with Crippen molar-refractivity contribution in [3.05, 3.63) is 12.2 Å².